The lowest BCUT2D eigenvalue weighted by Gasteiger charge is -2.18. The van der Waals surface area contributed by atoms with Crippen LogP contribution in [-0.2, 0) is 19.0 Å². The molecule has 1 unspecified atom stereocenters. The second-order valence-corrected chi connectivity index (χ2v) is 8.37. The molecular formula is C27H36N2O6. The van der Waals surface area contributed by atoms with Crippen molar-refractivity contribution in [1.82, 2.24) is 9.97 Å². The largest absolute Gasteiger partial charge is 0.462 e. The van der Waals surface area contributed by atoms with Crippen LogP contribution in [0.5, 0.6) is 0 Å². The lowest BCUT2D eigenvalue weighted by Crippen LogP contribution is -2.31. The summed E-state index contributed by atoms with van der Waals surface area (Å²) in [6, 6.07) is 6.35. The molecule has 0 amide bonds. The number of nitrogens with zero attached hydrogens (tertiary/aromatic N) is 2. The number of rotatable bonds is 17. The van der Waals surface area contributed by atoms with Crippen LogP contribution >= 0.6 is 0 Å². The SMILES string of the molecule is CCCCCCCCCCCC(=O)OCC(COC(=O)c1cccnc1)OC(=O)c1cccnc1. The molecule has 0 saturated carbocycles. The van der Waals surface area contributed by atoms with Crippen LogP contribution in [0.2, 0.25) is 0 Å². The van der Waals surface area contributed by atoms with Crippen molar-refractivity contribution in [2.45, 2.75) is 77.2 Å². The summed E-state index contributed by atoms with van der Waals surface area (Å²) in [6.07, 6.45) is 15.6. The third kappa shape index (κ3) is 12.1. The van der Waals surface area contributed by atoms with Gasteiger partial charge in [0.1, 0.15) is 13.2 Å². The molecule has 2 rings (SSSR count). The van der Waals surface area contributed by atoms with Crippen LogP contribution < -0.4 is 0 Å². The minimum absolute atomic E-state index is 0.206. The van der Waals surface area contributed by atoms with E-state index < -0.39 is 18.0 Å². The molecule has 0 radical (unpaired) electrons. The van der Waals surface area contributed by atoms with E-state index in [1.54, 1.807) is 30.5 Å². The Morgan fingerprint density at radius 3 is 1.86 bits per heavy atom. The lowest BCUT2D eigenvalue weighted by atomic mass is 10.1. The Morgan fingerprint density at radius 1 is 0.743 bits per heavy atom. The van der Waals surface area contributed by atoms with E-state index in [-0.39, 0.29) is 30.3 Å². The van der Waals surface area contributed by atoms with Crippen LogP contribution in [0.4, 0.5) is 0 Å². The van der Waals surface area contributed by atoms with Crippen molar-refractivity contribution in [3.8, 4) is 0 Å². The summed E-state index contributed by atoms with van der Waals surface area (Å²) >= 11 is 0. The molecule has 0 bridgehead atoms. The van der Waals surface area contributed by atoms with Crippen LogP contribution in [0.1, 0.15) is 91.8 Å². The van der Waals surface area contributed by atoms with Crippen molar-refractivity contribution in [1.29, 1.82) is 0 Å². The average Bonchev–Trinajstić information content (AvgIpc) is 2.90. The highest BCUT2D eigenvalue weighted by Crippen LogP contribution is 2.11. The standard InChI is InChI=1S/C27H36N2O6/c1-2-3-4-5-6-7-8-9-10-15-25(30)33-20-24(35-27(32)23-14-12-17-29-19-23)21-34-26(31)22-13-11-16-28-18-22/h11-14,16-19,24H,2-10,15,20-21H2,1H3. The summed E-state index contributed by atoms with van der Waals surface area (Å²) in [4.78, 5) is 44.6. The Kier molecular flexibility index (Phi) is 13.7. The van der Waals surface area contributed by atoms with E-state index in [0.29, 0.717) is 6.42 Å². The number of hydrogen-bond acceptors (Lipinski definition) is 8. The highest BCUT2D eigenvalue weighted by atomic mass is 16.6. The van der Waals surface area contributed by atoms with Crippen molar-refractivity contribution in [3.05, 3.63) is 60.2 Å². The maximum Gasteiger partial charge on any atom is 0.340 e. The maximum absolute atomic E-state index is 12.4. The van der Waals surface area contributed by atoms with E-state index in [0.717, 1.165) is 19.3 Å². The fraction of sp³-hybridized carbons (Fsp3) is 0.519. The van der Waals surface area contributed by atoms with Crippen LogP contribution in [-0.4, -0.2) is 47.2 Å². The Balaban J connectivity index is 1.75. The summed E-state index contributed by atoms with van der Waals surface area (Å²) in [6.45, 7) is 1.74. The van der Waals surface area contributed by atoms with Gasteiger partial charge in [-0.15, -0.1) is 0 Å². The highest BCUT2D eigenvalue weighted by Gasteiger charge is 2.21. The van der Waals surface area contributed by atoms with Crippen molar-refractivity contribution in [3.63, 3.8) is 0 Å². The van der Waals surface area contributed by atoms with E-state index in [2.05, 4.69) is 16.9 Å². The van der Waals surface area contributed by atoms with Gasteiger partial charge in [-0.05, 0) is 30.7 Å². The molecule has 8 heteroatoms. The fourth-order valence-electron chi connectivity index (χ4n) is 3.39. The smallest absolute Gasteiger partial charge is 0.340 e. The molecule has 0 aliphatic carbocycles. The highest BCUT2D eigenvalue weighted by molar-refractivity contribution is 5.89. The zero-order valence-corrected chi connectivity index (χ0v) is 20.5. The number of esters is 3. The molecule has 2 heterocycles. The Bertz CT molecular complexity index is 876. The predicted octanol–water partition coefficient (Wildman–Crippen LogP) is 5.32. The van der Waals surface area contributed by atoms with Crippen molar-refractivity contribution in [2.75, 3.05) is 13.2 Å². The first-order chi connectivity index (χ1) is 17.1. The Morgan fingerprint density at radius 2 is 1.29 bits per heavy atom. The second kappa shape index (κ2) is 17.2. The molecule has 0 saturated heterocycles. The van der Waals surface area contributed by atoms with Crippen LogP contribution in [0, 0.1) is 0 Å². The number of hydrogen-bond donors (Lipinski definition) is 0. The van der Waals surface area contributed by atoms with Gasteiger partial charge in [0.25, 0.3) is 0 Å². The molecule has 0 aliphatic heterocycles. The van der Waals surface area contributed by atoms with Crippen molar-refractivity contribution >= 4 is 17.9 Å². The number of ether oxygens (including phenoxy) is 3. The van der Waals surface area contributed by atoms with E-state index in [9.17, 15) is 14.4 Å². The summed E-state index contributed by atoms with van der Waals surface area (Å²) in [5.41, 5.74) is 0.518. The zero-order chi connectivity index (χ0) is 25.1. The van der Waals surface area contributed by atoms with Gasteiger partial charge in [0.15, 0.2) is 6.10 Å². The van der Waals surface area contributed by atoms with Crippen LogP contribution in [0.25, 0.3) is 0 Å². The third-order valence-corrected chi connectivity index (χ3v) is 5.38. The quantitative estimate of drug-likeness (QED) is 0.169. The summed E-state index contributed by atoms with van der Waals surface area (Å²) in [5, 5.41) is 0. The topological polar surface area (TPSA) is 105 Å². The van der Waals surface area contributed by atoms with Gasteiger partial charge < -0.3 is 14.2 Å². The molecule has 2 aromatic heterocycles. The van der Waals surface area contributed by atoms with Crippen molar-refractivity contribution in [2.24, 2.45) is 0 Å². The molecule has 8 nitrogen and oxygen atoms in total. The Hall–Kier alpha value is -3.29. The molecule has 2 aromatic rings. The number of unbranched alkanes of at least 4 members (excludes halogenated alkanes) is 8. The molecule has 0 aromatic carbocycles. The minimum Gasteiger partial charge on any atom is -0.462 e. The zero-order valence-electron chi connectivity index (χ0n) is 20.5. The first kappa shape index (κ1) is 28.0. The first-order valence-electron chi connectivity index (χ1n) is 12.4. The van der Waals surface area contributed by atoms with Gasteiger partial charge in [0.2, 0.25) is 0 Å². The van der Waals surface area contributed by atoms with Gasteiger partial charge in [-0.3, -0.25) is 14.8 Å². The van der Waals surface area contributed by atoms with E-state index in [1.807, 2.05) is 0 Å². The van der Waals surface area contributed by atoms with E-state index >= 15 is 0 Å². The number of carbonyl (C=O) groups excluding carboxylic acids is 3. The minimum atomic E-state index is -0.949. The molecule has 1 atom stereocenters. The number of aromatic nitrogens is 2. The fourth-order valence-corrected chi connectivity index (χ4v) is 3.39. The average molecular weight is 485 g/mol. The predicted molar refractivity (Wildman–Crippen MR) is 131 cm³/mol. The summed E-state index contributed by atoms with van der Waals surface area (Å²) in [7, 11) is 0. The van der Waals surface area contributed by atoms with Gasteiger partial charge in [0.05, 0.1) is 11.1 Å². The number of carbonyl (C=O) groups is 3. The van der Waals surface area contributed by atoms with E-state index in [4.69, 9.17) is 14.2 Å². The van der Waals surface area contributed by atoms with E-state index in [1.165, 1.54) is 57.1 Å². The van der Waals surface area contributed by atoms with Gasteiger partial charge >= 0.3 is 17.9 Å². The van der Waals surface area contributed by atoms with Crippen LogP contribution in [0.3, 0.4) is 0 Å². The van der Waals surface area contributed by atoms with Crippen LogP contribution in [0.15, 0.2) is 49.1 Å². The summed E-state index contributed by atoms with van der Waals surface area (Å²) < 4.78 is 16.0. The second-order valence-electron chi connectivity index (χ2n) is 8.37. The first-order valence-corrected chi connectivity index (χ1v) is 12.4. The van der Waals surface area contributed by atoms with Gasteiger partial charge in [-0.1, -0.05) is 58.3 Å². The lowest BCUT2D eigenvalue weighted by molar-refractivity contribution is -0.147. The van der Waals surface area contributed by atoms with Gasteiger partial charge in [0, 0.05) is 31.2 Å². The van der Waals surface area contributed by atoms with Gasteiger partial charge in [-0.25, -0.2) is 9.59 Å². The molecule has 190 valence electrons. The molecule has 0 aliphatic rings. The monoisotopic (exact) mass is 484 g/mol. The normalized spacial score (nSPS) is 11.5. The molecular weight excluding hydrogens is 448 g/mol. The molecule has 0 N–H and O–H groups in total. The maximum atomic E-state index is 12.4. The molecule has 0 spiro atoms. The molecule has 35 heavy (non-hydrogen) atoms. The van der Waals surface area contributed by atoms with Gasteiger partial charge in [-0.2, -0.15) is 0 Å². The summed E-state index contributed by atoms with van der Waals surface area (Å²) in [5.74, 6) is -1.62. The third-order valence-electron chi connectivity index (χ3n) is 5.38. The number of pyridine rings is 2. The molecule has 0 fully saturated rings. The Labute approximate surface area is 207 Å². The van der Waals surface area contributed by atoms with Crippen molar-refractivity contribution < 1.29 is 28.6 Å².